The van der Waals surface area contributed by atoms with Gasteiger partial charge in [-0.3, -0.25) is 9.59 Å². The molecule has 1 aliphatic rings. The summed E-state index contributed by atoms with van der Waals surface area (Å²) < 4.78 is 0. The van der Waals surface area contributed by atoms with E-state index in [4.69, 9.17) is 0 Å². The number of nitrogens with one attached hydrogen (secondary N) is 2. The second-order valence-corrected chi connectivity index (χ2v) is 8.29. The van der Waals surface area contributed by atoms with Crippen molar-refractivity contribution in [1.29, 1.82) is 0 Å². The smallest absolute Gasteiger partial charge is 0.336 e. The quantitative estimate of drug-likeness (QED) is 0.542. The molecule has 7 heteroatoms. The van der Waals surface area contributed by atoms with Gasteiger partial charge in [0.2, 0.25) is 11.8 Å². The minimum Gasteiger partial charge on any atom is -0.478 e. The van der Waals surface area contributed by atoms with Crippen LogP contribution in [0.1, 0.15) is 34.8 Å². The molecule has 0 spiro atoms. The molecule has 1 heterocycles. The van der Waals surface area contributed by atoms with Crippen LogP contribution >= 0.6 is 0 Å². The van der Waals surface area contributed by atoms with Gasteiger partial charge in [0.25, 0.3) is 0 Å². The highest BCUT2D eigenvalue weighted by Gasteiger charge is 2.32. The van der Waals surface area contributed by atoms with Crippen LogP contribution in [0.3, 0.4) is 0 Å². The standard InChI is InChI=1S/C26H27N3O4/c1-16(27-2)24(30)28-22-14-13-17-7-3-4-12-23(17)29(25(22)31)15-18-8-5-10-20-19(18)9-6-11-21(20)26(32)33/h3-12,16,22,27H,13-15H2,1-2H3,(H,28,30)(H,32,33). The molecule has 7 nitrogen and oxygen atoms in total. The minimum atomic E-state index is -0.990. The van der Waals surface area contributed by atoms with Crippen molar-refractivity contribution >= 4 is 34.2 Å². The van der Waals surface area contributed by atoms with E-state index in [0.29, 0.717) is 18.2 Å². The number of carbonyl (C=O) groups excluding carboxylic acids is 2. The molecule has 3 aromatic carbocycles. The van der Waals surface area contributed by atoms with E-state index >= 15 is 0 Å². The van der Waals surface area contributed by atoms with Crippen molar-refractivity contribution in [1.82, 2.24) is 10.6 Å². The molecule has 2 amide bonds. The SMILES string of the molecule is CNC(C)C(=O)NC1CCc2ccccc2N(Cc2cccc3c(C(=O)O)cccc23)C1=O. The molecule has 2 atom stereocenters. The van der Waals surface area contributed by atoms with Crippen LogP contribution < -0.4 is 15.5 Å². The summed E-state index contributed by atoms with van der Waals surface area (Å²) in [5.74, 6) is -1.39. The lowest BCUT2D eigenvalue weighted by Gasteiger charge is -2.27. The number of hydrogen-bond acceptors (Lipinski definition) is 4. The summed E-state index contributed by atoms with van der Waals surface area (Å²) in [6.45, 7) is 2.02. The van der Waals surface area contributed by atoms with Crippen molar-refractivity contribution in [3.05, 3.63) is 77.4 Å². The maximum atomic E-state index is 13.7. The van der Waals surface area contributed by atoms with Gasteiger partial charge in [0.1, 0.15) is 6.04 Å². The van der Waals surface area contributed by atoms with Crippen LogP contribution in [0.15, 0.2) is 60.7 Å². The van der Waals surface area contributed by atoms with Crippen LogP contribution in [0.2, 0.25) is 0 Å². The second kappa shape index (κ2) is 9.42. The molecule has 0 bridgehead atoms. The molecule has 2 unspecified atom stereocenters. The van der Waals surface area contributed by atoms with Gasteiger partial charge in [-0.25, -0.2) is 4.79 Å². The van der Waals surface area contributed by atoms with E-state index in [1.54, 1.807) is 37.1 Å². The molecule has 3 aromatic rings. The van der Waals surface area contributed by atoms with E-state index < -0.39 is 18.1 Å². The van der Waals surface area contributed by atoms with E-state index in [9.17, 15) is 19.5 Å². The number of anilines is 1. The number of benzene rings is 3. The van der Waals surface area contributed by atoms with Gasteiger partial charge in [0.05, 0.1) is 18.2 Å². The summed E-state index contributed by atoms with van der Waals surface area (Å²) in [5, 5.41) is 16.8. The predicted octanol–water partition coefficient (Wildman–Crippen LogP) is 3.11. The van der Waals surface area contributed by atoms with Crippen molar-refractivity contribution < 1.29 is 19.5 Å². The van der Waals surface area contributed by atoms with Crippen molar-refractivity contribution in [2.45, 2.75) is 38.4 Å². The van der Waals surface area contributed by atoms with Gasteiger partial charge in [-0.1, -0.05) is 48.5 Å². The number of aromatic carboxylic acids is 1. The van der Waals surface area contributed by atoms with Crippen molar-refractivity contribution in [3.8, 4) is 0 Å². The van der Waals surface area contributed by atoms with Crippen molar-refractivity contribution in [2.75, 3.05) is 11.9 Å². The normalized spacial score (nSPS) is 16.7. The Kier molecular flexibility index (Phi) is 6.42. The topological polar surface area (TPSA) is 98.7 Å². The molecular formula is C26H27N3O4. The third kappa shape index (κ3) is 4.45. The molecule has 33 heavy (non-hydrogen) atoms. The van der Waals surface area contributed by atoms with Gasteiger partial charge in [-0.05, 0) is 60.8 Å². The predicted molar refractivity (Wildman–Crippen MR) is 127 cm³/mol. The van der Waals surface area contributed by atoms with Gasteiger partial charge in [-0.15, -0.1) is 0 Å². The van der Waals surface area contributed by atoms with Crippen LogP contribution in [0.4, 0.5) is 5.69 Å². The zero-order valence-corrected chi connectivity index (χ0v) is 18.7. The largest absolute Gasteiger partial charge is 0.478 e. The Bertz CT molecular complexity index is 1220. The minimum absolute atomic E-state index is 0.178. The Morgan fingerprint density at radius 3 is 2.55 bits per heavy atom. The first-order valence-electron chi connectivity index (χ1n) is 11.0. The molecule has 1 aliphatic heterocycles. The zero-order chi connectivity index (χ0) is 23.5. The number of carbonyl (C=O) groups is 3. The average molecular weight is 446 g/mol. The van der Waals surface area contributed by atoms with Gasteiger partial charge in [-0.2, -0.15) is 0 Å². The van der Waals surface area contributed by atoms with Crippen molar-refractivity contribution in [2.24, 2.45) is 0 Å². The zero-order valence-electron chi connectivity index (χ0n) is 18.7. The van der Waals surface area contributed by atoms with E-state index in [1.807, 2.05) is 42.5 Å². The Balaban J connectivity index is 1.74. The van der Waals surface area contributed by atoms with Crippen molar-refractivity contribution in [3.63, 3.8) is 0 Å². The molecular weight excluding hydrogens is 418 g/mol. The number of carboxylic acids is 1. The average Bonchev–Trinajstić information content (AvgIpc) is 2.95. The molecule has 4 rings (SSSR count). The van der Waals surface area contributed by atoms with E-state index in [0.717, 1.165) is 22.2 Å². The van der Waals surface area contributed by atoms with Crippen LogP contribution in [-0.2, 0) is 22.6 Å². The Labute approximate surface area is 192 Å². The fourth-order valence-electron chi connectivity index (χ4n) is 4.31. The fraction of sp³-hybridized carbons (Fsp3) is 0.269. The van der Waals surface area contributed by atoms with Crippen LogP contribution in [-0.4, -0.2) is 42.0 Å². The molecule has 0 saturated heterocycles. The molecule has 170 valence electrons. The van der Waals surface area contributed by atoms with E-state index in [-0.39, 0.29) is 23.9 Å². The molecule has 0 radical (unpaired) electrons. The number of hydrogen-bond donors (Lipinski definition) is 3. The number of rotatable bonds is 6. The lowest BCUT2D eigenvalue weighted by Crippen LogP contribution is -2.52. The Hall–Kier alpha value is -3.71. The van der Waals surface area contributed by atoms with Crippen LogP contribution in [0.5, 0.6) is 0 Å². The first-order valence-corrected chi connectivity index (χ1v) is 11.0. The number of amides is 2. The summed E-state index contributed by atoms with van der Waals surface area (Å²) in [7, 11) is 1.70. The lowest BCUT2D eigenvalue weighted by molar-refractivity contribution is -0.128. The van der Waals surface area contributed by atoms with E-state index in [1.165, 1.54) is 0 Å². The van der Waals surface area contributed by atoms with Gasteiger partial charge in [0, 0.05) is 5.69 Å². The molecule has 0 aromatic heterocycles. The first-order chi connectivity index (χ1) is 15.9. The highest BCUT2D eigenvalue weighted by Crippen LogP contribution is 2.31. The molecule has 0 fully saturated rings. The number of carboxylic acid groups (broad SMARTS) is 1. The monoisotopic (exact) mass is 445 g/mol. The third-order valence-electron chi connectivity index (χ3n) is 6.26. The molecule has 0 saturated carbocycles. The van der Waals surface area contributed by atoms with Crippen LogP contribution in [0.25, 0.3) is 10.8 Å². The summed E-state index contributed by atoms with van der Waals surface area (Å²) in [6, 6.07) is 17.4. The summed E-state index contributed by atoms with van der Waals surface area (Å²) >= 11 is 0. The van der Waals surface area contributed by atoms with E-state index in [2.05, 4.69) is 10.6 Å². The Morgan fingerprint density at radius 1 is 1.06 bits per heavy atom. The number of nitrogens with zero attached hydrogens (tertiary/aromatic N) is 1. The highest BCUT2D eigenvalue weighted by molar-refractivity contribution is 6.05. The van der Waals surface area contributed by atoms with Crippen LogP contribution in [0, 0.1) is 0 Å². The summed E-state index contributed by atoms with van der Waals surface area (Å²) in [6.07, 6.45) is 1.17. The highest BCUT2D eigenvalue weighted by atomic mass is 16.4. The number of likely N-dealkylation sites (N-methyl/N-ethyl adjacent to an activating group) is 1. The number of para-hydroxylation sites is 1. The number of aryl methyl sites for hydroxylation is 1. The maximum Gasteiger partial charge on any atom is 0.336 e. The number of fused-ring (bicyclic) bond motifs is 2. The Morgan fingerprint density at radius 2 is 1.79 bits per heavy atom. The summed E-state index contributed by atoms with van der Waals surface area (Å²) in [5.41, 5.74) is 2.92. The lowest BCUT2D eigenvalue weighted by atomic mass is 9.99. The van der Waals surface area contributed by atoms with Gasteiger partial charge < -0.3 is 20.6 Å². The summed E-state index contributed by atoms with van der Waals surface area (Å²) in [4.78, 5) is 39.6. The fourth-order valence-corrected chi connectivity index (χ4v) is 4.31. The molecule has 3 N–H and O–H groups in total. The van der Waals surface area contributed by atoms with Gasteiger partial charge >= 0.3 is 5.97 Å². The maximum absolute atomic E-state index is 13.7. The second-order valence-electron chi connectivity index (χ2n) is 8.29. The first kappa shape index (κ1) is 22.5. The third-order valence-corrected chi connectivity index (χ3v) is 6.26. The van der Waals surface area contributed by atoms with Gasteiger partial charge in [0.15, 0.2) is 0 Å². The molecule has 0 aliphatic carbocycles.